The Kier molecular flexibility index (Phi) is 9.28. The highest BCUT2D eigenvalue weighted by atomic mass is 127. The number of para-hydroxylation sites is 1. The topological polar surface area (TPSA) is 55.3 Å². The van der Waals surface area contributed by atoms with E-state index in [0.717, 1.165) is 19.4 Å². The van der Waals surface area contributed by atoms with Crippen molar-refractivity contribution in [1.82, 2.24) is 10.2 Å². The second-order valence-electron chi connectivity index (χ2n) is 6.82. The Balaban J connectivity index is 0.00000300. The van der Waals surface area contributed by atoms with Crippen molar-refractivity contribution in [1.29, 1.82) is 0 Å². The zero-order chi connectivity index (χ0) is 20.0. The summed E-state index contributed by atoms with van der Waals surface area (Å²) in [5, 5.41) is 3.22. The molecule has 2 atom stereocenters. The molecule has 1 aromatic rings. The second-order valence-corrected chi connectivity index (χ2v) is 6.82. The van der Waals surface area contributed by atoms with Gasteiger partial charge in [0, 0.05) is 38.9 Å². The predicted octanol–water partition coefficient (Wildman–Crippen LogP) is 3.20. The first-order valence-electron chi connectivity index (χ1n) is 9.42. The Morgan fingerprint density at radius 1 is 1.24 bits per heavy atom. The summed E-state index contributed by atoms with van der Waals surface area (Å²) in [6.07, 6.45) is -2.22. The largest absolute Gasteiger partial charge is 0.484 e. The van der Waals surface area contributed by atoms with Crippen LogP contribution in [0.15, 0.2) is 29.3 Å². The fourth-order valence-corrected chi connectivity index (χ4v) is 3.45. The lowest BCUT2D eigenvalue weighted by molar-refractivity contribution is -0.153. The van der Waals surface area contributed by atoms with Crippen molar-refractivity contribution in [2.45, 2.75) is 37.8 Å². The minimum Gasteiger partial charge on any atom is -0.484 e. The van der Waals surface area contributed by atoms with Crippen molar-refractivity contribution in [3.05, 3.63) is 29.8 Å². The molecule has 2 unspecified atom stereocenters. The number of nitrogens with one attached hydrogen (secondary N) is 1. The highest BCUT2D eigenvalue weighted by molar-refractivity contribution is 14.0. The van der Waals surface area contributed by atoms with Crippen LogP contribution in [-0.4, -0.2) is 69.2 Å². The quantitative estimate of drug-likeness (QED) is 0.361. The standard InChI is InChI=1S/C19H26F3N3O3.HI/c1-23-18(25-8-10-27-17(12-25)16-7-4-9-26-16)24-11-14-5-2-3-6-15(14)28-13-19(20,21)22;/h2-3,5-6,16-17H,4,7-13H2,1H3,(H,23,24);1H. The third-order valence-electron chi connectivity index (χ3n) is 4.79. The normalized spacial score (nSPS) is 22.9. The van der Waals surface area contributed by atoms with Crippen molar-refractivity contribution >= 4 is 29.9 Å². The zero-order valence-corrected chi connectivity index (χ0v) is 18.6. The van der Waals surface area contributed by atoms with Crippen LogP contribution in [-0.2, 0) is 16.0 Å². The van der Waals surface area contributed by atoms with Crippen molar-refractivity contribution in [3.8, 4) is 5.75 Å². The lowest BCUT2D eigenvalue weighted by Gasteiger charge is -2.37. The molecule has 0 bridgehead atoms. The molecular weight excluding hydrogens is 502 g/mol. The Morgan fingerprint density at radius 3 is 2.69 bits per heavy atom. The van der Waals surface area contributed by atoms with E-state index in [0.29, 0.717) is 37.8 Å². The van der Waals surface area contributed by atoms with Crippen molar-refractivity contribution in [2.24, 2.45) is 4.99 Å². The summed E-state index contributed by atoms with van der Waals surface area (Å²) in [5.74, 6) is 0.888. The fraction of sp³-hybridized carbons (Fsp3) is 0.632. The molecule has 1 aromatic carbocycles. The van der Waals surface area contributed by atoms with Crippen LogP contribution in [0.2, 0.25) is 0 Å². The number of guanidine groups is 1. The average Bonchev–Trinajstić information content (AvgIpc) is 3.22. The van der Waals surface area contributed by atoms with Crippen LogP contribution in [0.5, 0.6) is 5.75 Å². The number of rotatable bonds is 5. The Morgan fingerprint density at radius 2 is 2.00 bits per heavy atom. The van der Waals surface area contributed by atoms with E-state index in [2.05, 4.69) is 15.2 Å². The number of morpholine rings is 1. The van der Waals surface area contributed by atoms with Gasteiger partial charge >= 0.3 is 6.18 Å². The molecule has 2 heterocycles. The van der Waals surface area contributed by atoms with E-state index in [1.165, 1.54) is 6.07 Å². The molecule has 2 fully saturated rings. The summed E-state index contributed by atoms with van der Waals surface area (Å²) in [6, 6.07) is 6.69. The molecule has 2 aliphatic heterocycles. The average molecular weight is 529 g/mol. The summed E-state index contributed by atoms with van der Waals surface area (Å²) >= 11 is 0. The van der Waals surface area contributed by atoms with E-state index < -0.39 is 12.8 Å². The number of ether oxygens (including phenoxy) is 3. The van der Waals surface area contributed by atoms with Crippen LogP contribution >= 0.6 is 24.0 Å². The first-order valence-corrected chi connectivity index (χ1v) is 9.42. The number of aliphatic imine (C=N–C) groups is 1. The smallest absolute Gasteiger partial charge is 0.422 e. The van der Waals surface area contributed by atoms with Gasteiger partial charge in [-0.2, -0.15) is 13.2 Å². The summed E-state index contributed by atoms with van der Waals surface area (Å²) < 4.78 is 53.9. The molecule has 10 heteroatoms. The molecule has 1 N–H and O–H groups in total. The first-order chi connectivity index (χ1) is 13.5. The van der Waals surface area contributed by atoms with Gasteiger partial charge in [0.25, 0.3) is 0 Å². The molecular formula is C19H27F3IN3O3. The molecule has 0 aliphatic carbocycles. The van der Waals surface area contributed by atoms with E-state index in [9.17, 15) is 13.2 Å². The molecule has 2 aliphatic rings. The third kappa shape index (κ3) is 7.18. The van der Waals surface area contributed by atoms with E-state index in [-0.39, 0.29) is 41.9 Å². The molecule has 0 radical (unpaired) electrons. The number of alkyl halides is 3. The highest BCUT2D eigenvalue weighted by Crippen LogP contribution is 2.23. The van der Waals surface area contributed by atoms with Crippen LogP contribution in [0.25, 0.3) is 0 Å². The SMILES string of the molecule is CN=C(NCc1ccccc1OCC(F)(F)F)N1CCOC(C2CCCO2)C1.I. The van der Waals surface area contributed by atoms with Crippen LogP contribution in [0.3, 0.4) is 0 Å². The number of nitrogens with zero attached hydrogens (tertiary/aromatic N) is 2. The molecule has 2 saturated heterocycles. The first kappa shape index (κ1) is 24.0. The van der Waals surface area contributed by atoms with E-state index in [4.69, 9.17) is 14.2 Å². The van der Waals surface area contributed by atoms with Gasteiger partial charge in [-0.15, -0.1) is 24.0 Å². The number of halogens is 4. The van der Waals surface area contributed by atoms with Gasteiger partial charge in [-0.05, 0) is 18.9 Å². The van der Waals surface area contributed by atoms with Gasteiger partial charge in [0.15, 0.2) is 12.6 Å². The molecule has 6 nitrogen and oxygen atoms in total. The van der Waals surface area contributed by atoms with Crippen LogP contribution in [0, 0.1) is 0 Å². The lowest BCUT2D eigenvalue weighted by Crippen LogP contribution is -2.53. The predicted molar refractivity (Wildman–Crippen MR) is 114 cm³/mol. The van der Waals surface area contributed by atoms with Gasteiger partial charge in [0.2, 0.25) is 0 Å². The minimum absolute atomic E-state index is 0. The molecule has 0 amide bonds. The maximum Gasteiger partial charge on any atom is 0.422 e. The highest BCUT2D eigenvalue weighted by Gasteiger charge is 2.32. The fourth-order valence-electron chi connectivity index (χ4n) is 3.45. The third-order valence-corrected chi connectivity index (χ3v) is 4.79. The maximum atomic E-state index is 12.5. The van der Waals surface area contributed by atoms with Gasteiger partial charge < -0.3 is 24.4 Å². The summed E-state index contributed by atoms with van der Waals surface area (Å²) in [5.41, 5.74) is 0.636. The summed E-state index contributed by atoms with van der Waals surface area (Å²) in [7, 11) is 1.69. The van der Waals surface area contributed by atoms with Gasteiger partial charge in [0.05, 0.1) is 12.7 Å². The number of benzene rings is 1. The molecule has 0 spiro atoms. The molecule has 0 aromatic heterocycles. The van der Waals surface area contributed by atoms with Gasteiger partial charge in [-0.1, -0.05) is 18.2 Å². The van der Waals surface area contributed by atoms with Gasteiger partial charge in [-0.3, -0.25) is 4.99 Å². The van der Waals surface area contributed by atoms with Gasteiger partial charge in [0.1, 0.15) is 11.9 Å². The zero-order valence-electron chi connectivity index (χ0n) is 16.3. The lowest BCUT2D eigenvalue weighted by atomic mass is 10.1. The minimum atomic E-state index is -4.37. The number of hydrogen-bond acceptors (Lipinski definition) is 4. The van der Waals surface area contributed by atoms with Crippen LogP contribution in [0.1, 0.15) is 18.4 Å². The van der Waals surface area contributed by atoms with Crippen molar-refractivity contribution in [2.75, 3.05) is 40.0 Å². The number of hydrogen-bond donors (Lipinski definition) is 1. The van der Waals surface area contributed by atoms with Crippen molar-refractivity contribution < 1.29 is 27.4 Å². The van der Waals surface area contributed by atoms with Gasteiger partial charge in [-0.25, -0.2) is 0 Å². The van der Waals surface area contributed by atoms with E-state index in [1.807, 2.05) is 0 Å². The Labute approximate surface area is 185 Å². The van der Waals surface area contributed by atoms with Crippen LogP contribution in [0.4, 0.5) is 13.2 Å². The Hall–Kier alpha value is -1.27. The molecule has 29 heavy (non-hydrogen) atoms. The molecule has 3 rings (SSSR count). The van der Waals surface area contributed by atoms with Crippen LogP contribution < -0.4 is 10.1 Å². The molecule has 0 saturated carbocycles. The Bertz CT molecular complexity index is 670. The summed E-state index contributed by atoms with van der Waals surface area (Å²) in [4.78, 5) is 6.41. The second kappa shape index (κ2) is 11.2. The maximum absolute atomic E-state index is 12.5. The monoisotopic (exact) mass is 529 g/mol. The van der Waals surface area contributed by atoms with E-state index in [1.54, 1.807) is 25.2 Å². The van der Waals surface area contributed by atoms with E-state index >= 15 is 0 Å². The van der Waals surface area contributed by atoms with Crippen molar-refractivity contribution in [3.63, 3.8) is 0 Å². The molecule has 164 valence electrons. The summed E-state index contributed by atoms with van der Waals surface area (Å²) in [6.45, 7) is 1.70.